The fraction of sp³-hybridized carbons (Fsp3) is 0. The molecule has 9 aromatic carbocycles. The van der Waals surface area contributed by atoms with E-state index in [1.807, 2.05) is 36.4 Å². The molecule has 0 fully saturated rings. The topological polar surface area (TPSA) is 51.8 Å². The van der Waals surface area contributed by atoms with Gasteiger partial charge in [-0.3, -0.25) is 0 Å². The second-order valence-corrected chi connectivity index (χ2v) is 13.6. The van der Waals surface area contributed by atoms with Crippen LogP contribution in [-0.2, 0) is 0 Å². The molecular formula is C49H29N3O. The molecule has 0 aliphatic carbocycles. The molecule has 0 amide bonds. The van der Waals surface area contributed by atoms with Crippen LogP contribution in [0.25, 0.3) is 110 Å². The summed E-state index contributed by atoms with van der Waals surface area (Å²) in [7, 11) is 0. The van der Waals surface area contributed by atoms with Crippen LogP contribution in [0.2, 0.25) is 0 Å². The SMILES string of the molecule is c1ccc(-c2nc(-c3cc(-c4cccc5oc6ccccc6c45)c4ccccc4c3)nc(-c3ccc4ccc5ccc6ccccc6c5c4c3)n2)cc1. The Morgan fingerprint density at radius 2 is 0.906 bits per heavy atom. The zero-order valence-electron chi connectivity index (χ0n) is 28.5. The molecule has 0 N–H and O–H groups in total. The molecule has 0 unspecified atom stereocenters. The molecule has 4 heteroatoms. The predicted molar refractivity (Wildman–Crippen MR) is 219 cm³/mol. The minimum atomic E-state index is 0.619. The Morgan fingerprint density at radius 1 is 0.302 bits per heavy atom. The summed E-state index contributed by atoms with van der Waals surface area (Å²) in [5.41, 5.74) is 6.74. The van der Waals surface area contributed by atoms with Gasteiger partial charge in [0.2, 0.25) is 0 Å². The van der Waals surface area contributed by atoms with Crippen molar-refractivity contribution in [2.45, 2.75) is 0 Å². The lowest BCUT2D eigenvalue weighted by Gasteiger charge is -2.14. The van der Waals surface area contributed by atoms with Gasteiger partial charge in [-0.25, -0.2) is 15.0 Å². The van der Waals surface area contributed by atoms with Crippen molar-refractivity contribution in [3.05, 3.63) is 176 Å². The minimum Gasteiger partial charge on any atom is -0.456 e. The molecule has 0 aliphatic rings. The molecule has 0 saturated heterocycles. The lowest BCUT2D eigenvalue weighted by molar-refractivity contribution is 0.669. The first-order valence-electron chi connectivity index (χ1n) is 17.9. The molecule has 4 nitrogen and oxygen atoms in total. The van der Waals surface area contributed by atoms with Gasteiger partial charge < -0.3 is 4.42 Å². The van der Waals surface area contributed by atoms with E-state index < -0.39 is 0 Å². The van der Waals surface area contributed by atoms with Crippen molar-refractivity contribution in [2.75, 3.05) is 0 Å². The molecule has 0 saturated carbocycles. The third-order valence-electron chi connectivity index (χ3n) is 10.5. The van der Waals surface area contributed by atoms with E-state index in [1.54, 1.807) is 0 Å². The summed E-state index contributed by atoms with van der Waals surface area (Å²) in [5.74, 6) is 1.88. The highest BCUT2D eigenvalue weighted by atomic mass is 16.3. The molecular weight excluding hydrogens is 647 g/mol. The van der Waals surface area contributed by atoms with Crippen LogP contribution in [0.15, 0.2) is 180 Å². The fourth-order valence-corrected chi connectivity index (χ4v) is 7.98. The van der Waals surface area contributed by atoms with Crippen molar-refractivity contribution in [3.63, 3.8) is 0 Å². The molecule has 2 aromatic heterocycles. The zero-order chi connectivity index (χ0) is 34.9. The number of nitrogens with zero attached hydrogens (tertiary/aromatic N) is 3. The van der Waals surface area contributed by atoms with E-state index in [2.05, 4.69) is 140 Å². The van der Waals surface area contributed by atoms with E-state index in [0.717, 1.165) is 60.5 Å². The molecule has 0 aliphatic heterocycles. The molecule has 0 radical (unpaired) electrons. The highest BCUT2D eigenvalue weighted by Gasteiger charge is 2.18. The molecule has 11 rings (SSSR count). The Hall–Kier alpha value is -7.17. The Bertz CT molecular complexity index is 3230. The van der Waals surface area contributed by atoms with Crippen LogP contribution in [0, 0.1) is 0 Å². The summed E-state index contributed by atoms with van der Waals surface area (Å²) in [6, 6.07) is 61.7. The van der Waals surface area contributed by atoms with Crippen LogP contribution in [0.4, 0.5) is 0 Å². The third-order valence-corrected chi connectivity index (χ3v) is 10.5. The van der Waals surface area contributed by atoms with Crippen LogP contribution in [-0.4, -0.2) is 15.0 Å². The highest BCUT2D eigenvalue weighted by molar-refractivity contribution is 6.21. The first-order chi connectivity index (χ1) is 26.2. The fourth-order valence-electron chi connectivity index (χ4n) is 7.98. The van der Waals surface area contributed by atoms with Gasteiger partial charge in [0.25, 0.3) is 0 Å². The van der Waals surface area contributed by atoms with E-state index in [-0.39, 0.29) is 0 Å². The van der Waals surface area contributed by atoms with Gasteiger partial charge in [0.15, 0.2) is 17.5 Å². The quantitative estimate of drug-likeness (QED) is 0.174. The second-order valence-electron chi connectivity index (χ2n) is 13.6. The van der Waals surface area contributed by atoms with E-state index >= 15 is 0 Å². The van der Waals surface area contributed by atoms with Crippen molar-refractivity contribution < 1.29 is 4.42 Å². The molecule has 246 valence electrons. The van der Waals surface area contributed by atoms with Crippen LogP contribution in [0.5, 0.6) is 0 Å². The Balaban J connectivity index is 1.17. The summed E-state index contributed by atoms with van der Waals surface area (Å²) in [5, 5.41) is 11.7. The maximum absolute atomic E-state index is 6.32. The average Bonchev–Trinajstić information content (AvgIpc) is 3.62. The largest absolute Gasteiger partial charge is 0.456 e. The first-order valence-corrected chi connectivity index (χ1v) is 17.9. The van der Waals surface area contributed by atoms with Gasteiger partial charge in [0, 0.05) is 27.5 Å². The normalized spacial score (nSPS) is 11.8. The van der Waals surface area contributed by atoms with Crippen LogP contribution in [0.3, 0.4) is 0 Å². The Morgan fingerprint density at radius 3 is 1.74 bits per heavy atom. The Labute approximate surface area is 304 Å². The van der Waals surface area contributed by atoms with Gasteiger partial charge in [0.05, 0.1) is 0 Å². The van der Waals surface area contributed by atoms with Crippen LogP contribution >= 0.6 is 0 Å². The van der Waals surface area contributed by atoms with Crippen molar-refractivity contribution >= 4 is 65.0 Å². The standard InChI is InChI=1S/C49H29N3O/c1-2-12-33(13-3-1)47-50-48(35-26-23-31-22-25-32-24-21-30-11-4-7-16-38(30)45(32)41(31)28-35)52-49(51-47)36-27-34-14-5-6-15-37(34)42(29-36)39-18-10-20-44-46(39)40-17-8-9-19-43(40)53-44/h1-29H. The molecule has 0 atom stereocenters. The molecule has 11 aromatic rings. The van der Waals surface area contributed by atoms with Crippen LogP contribution < -0.4 is 0 Å². The van der Waals surface area contributed by atoms with Crippen molar-refractivity contribution in [1.29, 1.82) is 0 Å². The minimum absolute atomic E-state index is 0.619. The zero-order valence-corrected chi connectivity index (χ0v) is 28.5. The van der Waals surface area contributed by atoms with Crippen molar-refractivity contribution in [2.24, 2.45) is 0 Å². The van der Waals surface area contributed by atoms with E-state index in [1.165, 1.54) is 32.3 Å². The average molecular weight is 676 g/mol. The number of hydrogen-bond acceptors (Lipinski definition) is 4. The molecule has 0 bridgehead atoms. The number of benzene rings is 9. The number of aromatic nitrogens is 3. The van der Waals surface area contributed by atoms with Gasteiger partial charge in [-0.2, -0.15) is 0 Å². The Kier molecular flexibility index (Phi) is 6.52. The summed E-state index contributed by atoms with van der Waals surface area (Å²) in [6.45, 7) is 0. The van der Waals surface area contributed by atoms with Gasteiger partial charge in [-0.05, 0) is 84.5 Å². The van der Waals surface area contributed by atoms with Gasteiger partial charge >= 0.3 is 0 Å². The number of furan rings is 1. The number of para-hydroxylation sites is 1. The summed E-state index contributed by atoms with van der Waals surface area (Å²) in [6.07, 6.45) is 0. The summed E-state index contributed by atoms with van der Waals surface area (Å²) >= 11 is 0. The molecule has 53 heavy (non-hydrogen) atoms. The van der Waals surface area contributed by atoms with Gasteiger partial charge in [-0.1, -0.05) is 146 Å². The maximum Gasteiger partial charge on any atom is 0.164 e. The molecule has 0 spiro atoms. The number of hydrogen-bond donors (Lipinski definition) is 0. The first kappa shape index (κ1) is 29.5. The summed E-state index contributed by atoms with van der Waals surface area (Å²) < 4.78 is 6.32. The smallest absolute Gasteiger partial charge is 0.164 e. The van der Waals surface area contributed by atoms with E-state index in [9.17, 15) is 0 Å². The number of fused-ring (bicyclic) bond motifs is 9. The summed E-state index contributed by atoms with van der Waals surface area (Å²) in [4.78, 5) is 15.5. The monoisotopic (exact) mass is 675 g/mol. The van der Waals surface area contributed by atoms with Gasteiger partial charge in [-0.15, -0.1) is 0 Å². The van der Waals surface area contributed by atoms with Crippen LogP contribution in [0.1, 0.15) is 0 Å². The lowest BCUT2D eigenvalue weighted by atomic mass is 9.92. The van der Waals surface area contributed by atoms with Crippen molar-refractivity contribution in [3.8, 4) is 45.3 Å². The van der Waals surface area contributed by atoms with Gasteiger partial charge in [0.1, 0.15) is 11.2 Å². The number of rotatable bonds is 4. The molecule has 2 heterocycles. The van der Waals surface area contributed by atoms with E-state index in [0.29, 0.717) is 17.5 Å². The maximum atomic E-state index is 6.32. The third kappa shape index (κ3) is 4.80. The second kappa shape index (κ2) is 11.7. The lowest BCUT2D eigenvalue weighted by Crippen LogP contribution is -2.00. The van der Waals surface area contributed by atoms with Crippen molar-refractivity contribution in [1.82, 2.24) is 15.0 Å². The van der Waals surface area contributed by atoms with E-state index in [4.69, 9.17) is 19.4 Å². The predicted octanol–water partition coefficient (Wildman–Crippen LogP) is 13.1. The highest BCUT2D eigenvalue weighted by Crippen LogP contribution is 2.41.